The number of nitriles is 1. The fraction of sp³-hybridized carbons (Fsp3) is 0.385. The second-order valence-corrected chi connectivity index (χ2v) is 5.28. The van der Waals surface area contributed by atoms with Gasteiger partial charge in [0.15, 0.2) is 0 Å². The Morgan fingerprint density at radius 1 is 1.50 bits per heavy atom. The van der Waals surface area contributed by atoms with Gasteiger partial charge in [0.2, 0.25) is 5.91 Å². The quantitative estimate of drug-likeness (QED) is 0.877. The van der Waals surface area contributed by atoms with Crippen molar-refractivity contribution in [3.63, 3.8) is 0 Å². The van der Waals surface area contributed by atoms with Gasteiger partial charge < -0.3 is 10.6 Å². The zero-order valence-electron chi connectivity index (χ0n) is 9.87. The summed E-state index contributed by atoms with van der Waals surface area (Å²) in [4.78, 5) is 11.7. The number of amides is 1. The molecule has 0 aromatic heterocycles. The highest BCUT2D eigenvalue weighted by atomic mass is 79.9. The first-order valence-corrected chi connectivity index (χ1v) is 6.68. The molecule has 0 atom stereocenters. The third-order valence-corrected chi connectivity index (χ3v) is 3.44. The Morgan fingerprint density at radius 3 is 2.89 bits per heavy atom. The van der Waals surface area contributed by atoms with Gasteiger partial charge in [-0.2, -0.15) is 5.26 Å². The summed E-state index contributed by atoms with van der Waals surface area (Å²) in [7, 11) is 0. The lowest BCUT2D eigenvalue weighted by Gasteiger charge is -2.08. The van der Waals surface area contributed by atoms with E-state index in [0.29, 0.717) is 17.8 Å². The number of carbonyl (C=O) groups is 1. The topological polar surface area (TPSA) is 64.9 Å². The monoisotopic (exact) mass is 307 g/mol. The van der Waals surface area contributed by atoms with E-state index in [2.05, 4.69) is 26.6 Å². The Kier molecular flexibility index (Phi) is 4.34. The zero-order chi connectivity index (χ0) is 13.0. The first kappa shape index (κ1) is 13.1. The third-order valence-electron chi connectivity index (χ3n) is 2.79. The van der Waals surface area contributed by atoms with Gasteiger partial charge in [-0.1, -0.05) is 0 Å². The van der Waals surface area contributed by atoms with Crippen LogP contribution in [0.3, 0.4) is 0 Å². The van der Waals surface area contributed by atoms with Gasteiger partial charge in [0.05, 0.1) is 23.9 Å². The van der Waals surface area contributed by atoms with E-state index >= 15 is 0 Å². The number of hydrogen-bond donors (Lipinski definition) is 2. The molecule has 4 nitrogen and oxygen atoms in total. The van der Waals surface area contributed by atoms with Crippen molar-refractivity contribution in [3.05, 3.63) is 28.2 Å². The molecule has 0 aliphatic heterocycles. The van der Waals surface area contributed by atoms with Crippen molar-refractivity contribution >= 4 is 27.5 Å². The normalized spacial score (nSPS) is 14.0. The van der Waals surface area contributed by atoms with Crippen molar-refractivity contribution in [3.8, 4) is 6.07 Å². The molecule has 1 aliphatic carbocycles. The lowest BCUT2D eigenvalue weighted by molar-refractivity contribution is -0.115. The number of anilines is 1. The number of nitrogens with zero attached hydrogens (tertiary/aromatic N) is 1. The third kappa shape index (κ3) is 3.83. The molecule has 1 saturated carbocycles. The fourth-order valence-electron chi connectivity index (χ4n) is 1.59. The van der Waals surface area contributed by atoms with Crippen LogP contribution in [0.2, 0.25) is 0 Å². The van der Waals surface area contributed by atoms with Crippen LogP contribution in [0.1, 0.15) is 18.4 Å². The molecular formula is C13H14BrN3O. The molecule has 1 aromatic rings. The molecule has 0 unspecified atom stereocenters. The minimum absolute atomic E-state index is 0.0685. The van der Waals surface area contributed by atoms with E-state index in [-0.39, 0.29) is 5.91 Å². The van der Waals surface area contributed by atoms with Crippen LogP contribution in [-0.4, -0.2) is 19.0 Å². The van der Waals surface area contributed by atoms with Crippen LogP contribution in [0.25, 0.3) is 0 Å². The molecule has 2 rings (SSSR count). The summed E-state index contributed by atoms with van der Waals surface area (Å²) >= 11 is 3.33. The number of nitrogens with one attached hydrogen (secondary N) is 2. The van der Waals surface area contributed by atoms with Crippen molar-refractivity contribution in [2.45, 2.75) is 12.8 Å². The number of benzene rings is 1. The molecule has 1 fully saturated rings. The number of hydrogen-bond acceptors (Lipinski definition) is 3. The van der Waals surface area contributed by atoms with Gasteiger partial charge in [-0.25, -0.2) is 0 Å². The highest BCUT2D eigenvalue weighted by Gasteiger charge is 2.20. The van der Waals surface area contributed by atoms with E-state index in [1.807, 2.05) is 6.07 Å². The highest BCUT2D eigenvalue weighted by molar-refractivity contribution is 9.10. The maximum atomic E-state index is 11.7. The van der Waals surface area contributed by atoms with E-state index < -0.39 is 0 Å². The minimum atomic E-state index is -0.0685. The lowest BCUT2D eigenvalue weighted by Crippen LogP contribution is -2.29. The Hall–Kier alpha value is -1.38. The van der Waals surface area contributed by atoms with Gasteiger partial charge in [-0.3, -0.25) is 4.79 Å². The summed E-state index contributed by atoms with van der Waals surface area (Å²) in [5.41, 5.74) is 1.25. The van der Waals surface area contributed by atoms with Crippen LogP contribution in [-0.2, 0) is 4.79 Å². The average Bonchev–Trinajstić information content (AvgIpc) is 3.16. The van der Waals surface area contributed by atoms with Crippen LogP contribution < -0.4 is 10.6 Å². The molecule has 1 aliphatic rings. The molecule has 18 heavy (non-hydrogen) atoms. The van der Waals surface area contributed by atoms with Crippen molar-refractivity contribution < 1.29 is 4.79 Å². The number of rotatable bonds is 5. The maximum Gasteiger partial charge on any atom is 0.238 e. The van der Waals surface area contributed by atoms with Crippen LogP contribution in [0, 0.1) is 17.2 Å². The number of halogens is 1. The maximum absolute atomic E-state index is 11.7. The van der Waals surface area contributed by atoms with Gasteiger partial charge in [-0.15, -0.1) is 0 Å². The van der Waals surface area contributed by atoms with E-state index in [1.54, 1.807) is 18.2 Å². The van der Waals surface area contributed by atoms with Crippen LogP contribution >= 0.6 is 15.9 Å². The molecule has 2 N–H and O–H groups in total. The molecule has 1 aromatic carbocycles. The molecule has 0 bridgehead atoms. The molecule has 94 valence electrons. The Labute approximate surface area is 115 Å². The predicted molar refractivity (Wildman–Crippen MR) is 73.1 cm³/mol. The van der Waals surface area contributed by atoms with Crippen LogP contribution in [0.4, 0.5) is 5.69 Å². The lowest BCUT2D eigenvalue weighted by atomic mass is 10.2. The Morgan fingerprint density at radius 2 is 2.28 bits per heavy atom. The second kappa shape index (κ2) is 5.98. The molecule has 0 heterocycles. The summed E-state index contributed by atoms with van der Waals surface area (Å²) in [6.07, 6.45) is 2.55. The fourth-order valence-corrected chi connectivity index (χ4v) is 2.07. The summed E-state index contributed by atoms with van der Waals surface area (Å²) < 4.78 is 0.720. The molecule has 0 radical (unpaired) electrons. The predicted octanol–water partition coefficient (Wildman–Crippen LogP) is 2.26. The largest absolute Gasteiger partial charge is 0.324 e. The summed E-state index contributed by atoms with van der Waals surface area (Å²) in [6, 6.07) is 7.14. The van der Waals surface area contributed by atoms with Gasteiger partial charge >= 0.3 is 0 Å². The van der Waals surface area contributed by atoms with Gasteiger partial charge in [0.25, 0.3) is 0 Å². The summed E-state index contributed by atoms with van der Waals surface area (Å²) in [6.45, 7) is 1.24. The first-order chi connectivity index (χ1) is 8.69. The van der Waals surface area contributed by atoms with E-state index in [4.69, 9.17) is 5.26 Å². The number of carbonyl (C=O) groups excluding carboxylic acids is 1. The van der Waals surface area contributed by atoms with Crippen LogP contribution in [0.5, 0.6) is 0 Å². The molecular weight excluding hydrogens is 294 g/mol. The van der Waals surface area contributed by atoms with Crippen molar-refractivity contribution in [1.82, 2.24) is 5.32 Å². The average molecular weight is 308 g/mol. The van der Waals surface area contributed by atoms with Crippen molar-refractivity contribution in [2.75, 3.05) is 18.4 Å². The van der Waals surface area contributed by atoms with Gasteiger partial charge in [0, 0.05) is 4.47 Å². The van der Waals surface area contributed by atoms with Gasteiger partial charge in [0.1, 0.15) is 0 Å². The SMILES string of the molecule is N#Cc1ccc(NC(=O)CNCC2CC2)c(Br)c1. The standard InChI is InChI=1S/C13H14BrN3O/c14-11-5-10(6-15)3-4-12(11)17-13(18)8-16-7-9-1-2-9/h3-5,9,16H,1-2,7-8H2,(H,17,18). The molecule has 1 amide bonds. The smallest absolute Gasteiger partial charge is 0.238 e. The minimum Gasteiger partial charge on any atom is -0.324 e. The zero-order valence-corrected chi connectivity index (χ0v) is 11.5. The van der Waals surface area contributed by atoms with Gasteiger partial charge in [-0.05, 0) is 59.4 Å². The highest BCUT2D eigenvalue weighted by Crippen LogP contribution is 2.27. The van der Waals surface area contributed by atoms with Crippen molar-refractivity contribution in [2.24, 2.45) is 5.92 Å². The molecule has 5 heteroatoms. The van der Waals surface area contributed by atoms with Crippen molar-refractivity contribution in [1.29, 1.82) is 5.26 Å². The second-order valence-electron chi connectivity index (χ2n) is 4.43. The van der Waals surface area contributed by atoms with Crippen LogP contribution in [0.15, 0.2) is 22.7 Å². The van der Waals surface area contributed by atoms with E-state index in [0.717, 1.165) is 16.9 Å². The summed E-state index contributed by atoms with van der Waals surface area (Å²) in [5.74, 6) is 0.695. The Bertz CT molecular complexity index is 491. The summed E-state index contributed by atoms with van der Waals surface area (Å²) in [5, 5.41) is 14.7. The van der Waals surface area contributed by atoms with E-state index in [9.17, 15) is 4.79 Å². The first-order valence-electron chi connectivity index (χ1n) is 5.89. The van der Waals surface area contributed by atoms with E-state index in [1.165, 1.54) is 12.8 Å². The molecule has 0 saturated heterocycles. The molecule has 0 spiro atoms. The Balaban J connectivity index is 1.84.